The summed E-state index contributed by atoms with van der Waals surface area (Å²) in [6, 6.07) is 12.3. The first-order chi connectivity index (χ1) is 9.11. The Kier molecular flexibility index (Phi) is 4.04. The van der Waals surface area contributed by atoms with Gasteiger partial charge in [0.15, 0.2) is 0 Å². The highest BCUT2D eigenvalue weighted by molar-refractivity contribution is 6.34. The maximum atomic E-state index is 12.1. The van der Waals surface area contributed by atoms with E-state index < -0.39 is 0 Å². The lowest BCUT2D eigenvalue weighted by atomic mass is 10.1. The summed E-state index contributed by atoms with van der Waals surface area (Å²) in [5.74, 6) is 5.06. The van der Waals surface area contributed by atoms with Gasteiger partial charge in [0.25, 0.3) is 5.91 Å². The second-order valence-electron chi connectivity index (χ2n) is 4.11. The molecule has 0 unspecified atom stereocenters. The van der Waals surface area contributed by atoms with Crippen LogP contribution in [0.1, 0.15) is 15.9 Å². The second kappa shape index (κ2) is 5.73. The molecule has 5 heteroatoms. The number of amides is 1. The number of para-hydroxylation sites is 1. The van der Waals surface area contributed by atoms with E-state index in [1.807, 2.05) is 19.1 Å². The summed E-state index contributed by atoms with van der Waals surface area (Å²) < 4.78 is 0. The maximum absolute atomic E-state index is 12.1. The van der Waals surface area contributed by atoms with Crippen molar-refractivity contribution < 1.29 is 4.79 Å². The lowest BCUT2D eigenvalue weighted by Crippen LogP contribution is -2.13. The zero-order chi connectivity index (χ0) is 13.8. The summed E-state index contributed by atoms with van der Waals surface area (Å²) in [4.78, 5) is 12.1. The Morgan fingerprint density at radius 3 is 2.42 bits per heavy atom. The number of hydrazine groups is 1. The van der Waals surface area contributed by atoms with Gasteiger partial charge in [-0.05, 0) is 42.8 Å². The Hall–Kier alpha value is -2.04. The average molecular weight is 276 g/mol. The molecular formula is C14H14ClN3O. The van der Waals surface area contributed by atoms with Crippen LogP contribution in [0.4, 0.5) is 11.4 Å². The highest BCUT2D eigenvalue weighted by atomic mass is 35.5. The number of halogens is 1. The van der Waals surface area contributed by atoms with Crippen molar-refractivity contribution in [3.05, 3.63) is 58.6 Å². The molecule has 4 nitrogen and oxygen atoms in total. The van der Waals surface area contributed by atoms with Crippen LogP contribution in [-0.2, 0) is 0 Å². The number of carbonyl (C=O) groups excluding carboxylic acids is 1. The third-order valence-electron chi connectivity index (χ3n) is 2.77. The number of nitrogens with one attached hydrogen (secondary N) is 2. The van der Waals surface area contributed by atoms with E-state index in [1.165, 1.54) is 0 Å². The predicted molar refractivity (Wildman–Crippen MR) is 78.4 cm³/mol. The molecule has 0 aliphatic heterocycles. The van der Waals surface area contributed by atoms with Crippen LogP contribution in [0.25, 0.3) is 0 Å². The van der Waals surface area contributed by atoms with E-state index in [9.17, 15) is 4.79 Å². The van der Waals surface area contributed by atoms with E-state index in [4.69, 9.17) is 17.4 Å². The van der Waals surface area contributed by atoms with Crippen LogP contribution in [0, 0.1) is 6.92 Å². The van der Waals surface area contributed by atoms with E-state index in [2.05, 4.69) is 10.7 Å². The molecule has 2 aromatic carbocycles. The third-order valence-corrected chi connectivity index (χ3v) is 3.09. The van der Waals surface area contributed by atoms with Crippen molar-refractivity contribution in [2.45, 2.75) is 6.92 Å². The van der Waals surface area contributed by atoms with Crippen molar-refractivity contribution in [3.8, 4) is 0 Å². The van der Waals surface area contributed by atoms with Gasteiger partial charge in [0.1, 0.15) is 0 Å². The number of rotatable bonds is 3. The summed E-state index contributed by atoms with van der Waals surface area (Å²) in [6.07, 6.45) is 0. The fourth-order valence-electron chi connectivity index (χ4n) is 1.69. The molecule has 0 saturated carbocycles. The monoisotopic (exact) mass is 275 g/mol. The third kappa shape index (κ3) is 3.05. The van der Waals surface area contributed by atoms with Gasteiger partial charge in [-0.1, -0.05) is 23.7 Å². The van der Waals surface area contributed by atoms with Crippen molar-refractivity contribution in [2.75, 3.05) is 10.7 Å². The van der Waals surface area contributed by atoms with E-state index in [0.29, 0.717) is 16.3 Å². The average Bonchev–Trinajstić information content (AvgIpc) is 2.43. The number of carbonyl (C=O) groups is 1. The van der Waals surface area contributed by atoms with Crippen molar-refractivity contribution in [2.24, 2.45) is 5.84 Å². The summed E-state index contributed by atoms with van der Waals surface area (Å²) in [6.45, 7) is 1.89. The number of anilines is 2. The molecule has 0 radical (unpaired) electrons. The van der Waals surface area contributed by atoms with E-state index >= 15 is 0 Å². The van der Waals surface area contributed by atoms with Gasteiger partial charge in [-0.25, -0.2) is 0 Å². The van der Waals surface area contributed by atoms with Crippen LogP contribution in [0.3, 0.4) is 0 Å². The second-order valence-corrected chi connectivity index (χ2v) is 4.51. The van der Waals surface area contributed by atoms with Gasteiger partial charge >= 0.3 is 0 Å². The number of aryl methyl sites for hydroxylation is 1. The van der Waals surface area contributed by atoms with Gasteiger partial charge in [0, 0.05) is 11.3 Å². The van der Waals surface area contributed by atoms with E-state index in [0.717, 1.165) is 11.3 Å². The molecule has 4 N–H and O–H groups in total. The van der Waals surface area contributed by atoms with Crippen LogP contribution in [0.2, 0.25) is 5.02 Å². The van der Waals surface area contributed by atoms with Crippen LogP contribution in [0.5, 0.6) is 0 Å². The summed E-state index contributed by atoms with van der Waals surface area (Å²) in [7, 11) is 0. The lowest BCUT2D eigenvalue weighted by Gasteiger charge is -2.10. The maximum Gasteiger partial charge on any atom is 0.255 e. The fraction of sp³-hybridized carbons (Fsp3) is 0.0714. The largest absolute Gasteiger partial charge is 0.324 e. The van der Waals surface area contributed by atoms with Gasteiger partial charge < -0.3 is 10.7 Å². The molecule has 98 valence electrons. The standard InChI is InChI=1S/C14H14ClN3O/c1-9-3-2-4-12(15)13(9)17-14(19)10-5-7-11(18-16)8-6-10/h2-8,18H,16H2,1H3,(H,17,19). The van der Waals surface area contributed by atoms with Crippen molar-refractivity contribution in [1.29, 1.82) is 0 Å². The minimum atomic E-state index is -0.209. The minimum absolute atomic E-state index is 0.209. The van der Waals surface area contributed by atoms with Crippen LogP contribution in [-0.4, -0.2) is 5.91 Å². The molecule has 0 saturated heterocycles. The Balaban J connectivity index is 2.20. The summed E-state index contributed by atoms with van der Waals surface area (Å²) in [5, 5.41) is 3.33. The first-order valence-electron chi connectivity index (χ1n) is 5.75. The first-order valence-corrected chi connectivity index (χ1v) is 6.13. The van der Waals surface area contributed by atoms with Crippen molar-refractivity contribution in [1.82, 2.24) is 0 Å². The molecule has 1 amide bonds. The first kappa shape index (κ1) is 13.4. The molecule has 19 heavy (non-hydrogen) atoms. The molecule has 0 heterocycles. The van der Waals surface area contributed by atoms with Gasteiger partial charge in [0.05, 0.1) is 10.7 Å². The minimum Gasteiger partial charge on any atom is -0.324 e. The Labute approximate surface area is 116 Å². The van der Waals surface area contributed by atoms with Crippen LogP contribution >= 0.6 is 11.6 Å². The van der Waals surface area contributed by atoms with Gasteiger partial charge in [0.2, 0.25) is 0 Å². The normalized spacial score (nSPS) is 10.1. The molecule has 0 atom stereocenters. The molecular weight excluding hydrogens is 262 g/mol. The zero-order valence-electron chi connectivity index (χ0n) is 10.4. The quantitative estimate of drug-likeness (QED) is 0.595. The van der Waals surface area contributed by atoms with Gasteiger partial charge in [-0.2, -0.15) is 0 Å². The molecule has 2 rings (SSSR count). The number of hydrogen-bond donors (Lipinski definition) is 3. The number of nitrogen functional groups attached to an aromatic ring is 1. The van der Waals surface area contributed by atoms with Gasteiger partial charge in [-0.3, -0.25) is 10.6 Å². The highest BCUT2D eigenvalue weighted by Crippen LogP contribution is 2.25. The van der Waals surface area contributed by atoms with Crippen molar-refractivity contribution >= 4 is 28.9 Å². The smallest absolute Gasteiger partial charge is 0.255 e. The zero-order valence-corrected chi connectivity index (χ0v) is 11.2. The fourth-order valence-corrected chi connectivity index (χ4v) is 1.96. The molecule has 0 aliphatic carbocycles. The number of nitrogens with two attached hydrogens (primary N) is 1. The molecule has 0 aromatic heterocycles. The topological polar surface area (TPSA) is 67.2 Å². The highest BCUT2D eigenvalue weighted by Gasteiger charge is 2.10. The summed E-state index contributed by atoms with van der Waals surface area (Å²) in [5.41, 5.74) is 5.34. The Bertz CT molecular complexity index is 576. The van der Waals surface area contributed by atoms with E-state index in [1.54, 1.807) is 30.3 Å². The molecule has 0 fully saturated rings. The van der Waals surface area contributed by atoms with Crippen LogP contribution in [0.15, 0.2) is 42.5 Å². The Morgan fingerprint density at radius 2 is 1.84 bits per heavy atom. The molecule has 0 aliphatic rings. The number of hydrogen-bond acceptors (Lipinski definition) is 3. The Morgan fingerprint density at radius 1 is 1.16 bits per heavy atom. The van der Waals surface area contributed by atoms with Crippen LogP contribution < -0.4 is 16.6 Å². The molecule has 0 bridgehead atoms. The number of benzene rings is 2. The predicted octanol–water partition coefficient (Wildman–Crippen LogP) is 3.19. The lowest BCUT2D eigenvalue weighted by molar-refractivity contribution is 0.102. The van der Waals surface area contributed by atoms with E-state index in [-0.39, 0.29) is 5.91 Å². The van der Waals surface area contributed by atoms with Gasteiger partial charge in [-0.15, -0.1) is 0 Å². The SMILES string of the molecule is Cc1cccc(Cl)c1NC(=O)c1ccc(NN)cc1. The van der Waals surface area contributed by atoms with Crippen molar-refractivity contribution in [3.63, 3.8) is 0 Å². The summed E-state index contributed by atoms with van der Waals surface area (Å²) >= 11 is 6.07. The molecule has 0 spiro atoms. The molecule has 2 aromatic rings.